The van der Waals surface area contributed by atoms with E-state index in [1.165, 1.54) is 0 Å². The maximum absolute atomic E-state index is 12.9. The molecule has 44 heavy (non-hydrogen) atoms. The molecule has 3 aromatic carbocycles. The Balaban J connectivity index is 0.00000104. The summed E-state index contributed by atoms with van der Waals surface area (Å²) in [6.45, 7) is -0.500. The first-order valence-corrected chi connectivity index (χ1v) is 13.0. The van der Waals surface area contributed by atoms with Crippen molar-refractivity contribution in [2.75, 3.05) is 0 Å². The number of aryl methyl sites for hydroxylation is 3. The van der Waals surface area contributed by atoms with Gasteiger partial charge in [-0.3, -0.25) is 25.2 Å². The monoisotopic (exact) mass is 603 g/mol. The highest BCUT2D eigenvalue weighted by Gasteiger charge is 2.22. The molecular formula is C30H33N7O7. The molecule has 1 aromatic heterocycles. The highest BCUT2D eigenvalue weighted by molar-refractivity contribution is 5.99. The molecule has 1 heterocycles. The van der Waals surface area contributed by atoms with Crippen molar-refractivity contribution in [1.29, 1.82) is 10.8 Å². The van der Waals surface area contributed by atoms with Gasteiger partial charge in [-0.25, -0.2) is 9.78 Å². The number of hydrogen-bond acceptors (Lipinski definition) is 7. The molecule has 14 heteroatoms. The molecule has 0 aliphatic heterocycles. The van der Waals surface area contributed by atoms with Crippen LogP contribution in [0.4, 0.5) is 0 Å². The minimum atomic E-state index is -1.15. The molecular weight excluding hydrogens is 570 g/mol. The summed E-state index contributed by atoms with van der Waals surface area (Å²) >= 11 is 0. The summed E-state index contributed by atoms with van der Waals surface area (Å²) in [5.74, 6) is -0.838. The van der Waals surface area contributed by atoms with Crippen LogP contribution in [0, 0.1) is 10.8 Å². The van der Waals surface area contributed by atoms with Gasteiger partial charge in [-0.15, -0.1) is 0 Å². The summed E-state index contributed by atoms with van der Waals surface area (Å²) in [7, 11) is 1.92. The van der Waals surface area contributed by atoms with E-state index in [0.717, 1.165) is 23.3 Å². The predicted octanol–water partition coefficient (Wildman–Crippen LogP) is 1.75. The number of amides is 1. The van der Waals surface area contributed by atoms with Gasteiger partial charge >= 0.3 is 5.97 Å². The van der Waals surface area contributed by atoms with Gasteiger partial charge in [0.15, 0.2) is 0 Å². The molecule has 0 saturated carbocycles. The van der Waals surface area contributed by atoms with E-state index in [0.29, 0.717) is 34.2 Å². The number of carboxylic acids is 1. The quantitative estimate of drug-likeness (QED) is 0.0739. The number of nitrogens with one attached hydrogen (secondary N) is 3. The highest BCUT2D eigenvalue weighted by atomic mass is 16.4. The predicted molar refractivity (Wildman–Crippen MR) is 163 cm³/mol. The molecule has 0 radical (unpaired) electrons. The van der Waals surface area contributed by atoms with Crippen LogP contribution in [-0.2, 0) is 40.7 Å². The number of fused-ring (bicyclic) bond motifs is 1. The third-order valence-corrected chi connectivity index (χ3v) is 6.45. The second-order valence-electron chi connectivity index (χ2n) is 9.29. The number of carboxylic acid groups (broad SMARTS) is 3. The molecule has 10 N–H and O–H groups in total. The maximum atomic E-state index is 12.9. The first-order valence-electron chi connectivity index (χ1n) is 13.0. The number of imidazole rings is 1. The molecule has 1 unspecified atom stereocenters. The average Bonchev–Trinajstić information content (AvgIpc) is 3.31. The lowest BCUT2D eigenvalue weighted by Gasteiger charge is -2.15. The Labute approximate surface area is 252 Å². The molecule has 0 fully saturated rings. The van der Waals surface area contributed by atoms with Crippen LogP contribution < -0.4 is 16.8 Å². The number of rotatable bonds is 10. The summed E-state index contributed by atoms with van der Waals surface area (Å²) in [4.78, 5) is 46.2. The van der Waals surface area contributed by atoms with E-state index in [2.05, 4.69) is 5.32 Å². The number of nitrogen functional groups attached to an aromatic ring is 2. The van der Waals surface area contributed by atoms with Gasteiger partial charge in [0.1, 0.15) is 23.5 Å². The average molecular weight is 604 g/mol. The largest absolute Gasteiger partial charge is 0.483 e. The Kier molecular flexibility index (Phi) is 12.7. The van der Waals surface area contributed by atoms with Crippen LogP contribution in [0.5, 0.6) is 0 Å². The first-order chi connectivity index (χ1) is 20.9. The zero-order valence-electron chi connectivity index (χ0n) is 23.7. The number of carbonyl (C=O) groups excluding carboxylic acids is 1. The molecule has 4 aromatic rings. The van der Waals surface area contributed by atoms with Crippen molar-refractivity contribution in [2.24, 2.45) is 18.5 Å². The van der Waals surface area contributed by atoms with Gasteiger partial charge in [0, 0.05) is 36.6 Å². The number of nitrogens with two attached hydrogens (primary N) is 2. The molecule has 14 nitrogen and oxygen atoms in total. The molecule has 0 bridgehead atoms. The second-order valence-corrected chi connectivity index (χ2v) is 9.29. The summed E-state index contributed by atoms with van der Waals surface area (Å²) in [6.07, 6.45) is 1.51. The minimum absolute atomic E-state index is 0.0322. The van der Waals surface area contributed by atoms with E-state index in [1.807, 2.05) is 35.9 Å². The maximum Gasteiger partial charge on any atom is 0.326 e. The van der Waals surface area contributed by atoms with E-state index in [4.69, 9.17) is 47.1 Å². The van der Waals surface area contributed by atoms with Crippen LogP contribution in [0.25, 0.3) is 11.0 Å². The highest BCUT2D eigenvalue weighted by Crippen LogP contribution is 2.19. The van der Waals surface area contributed by atoms with E-state index in [1.54, 1.807) is 42.5 Å². The van der Waals surface area contributed by atoms with Crippen molar-refractivity contribution in [2.45, 2.75) is 25.3 Å². The topological polar surface area (TPSA) is 259 Å². The molecule has 1 atom stereocenters. The number of nitrogens with zero attached hydrogens (tertiary/aromatic N) is 2. The lowest BCUT2D eigenvalue weighted by atomic mass is 10.0. The Morgan fingerprint density at radius 3 is 1.82 bits per heavy atom. The normalized spacial score (nSPS) is 10.7. The fourth-order valence-electron chi connectivity index (χ4n) is 4.22. The SMILES string of the molecule is Cn1c(CCc2ccc(C(=N)N)cc2)nc2cc(C(=O)NC(Cc3ccc(C(=N)N)cc3)C(=O)O)ccc21.O=CO.O=CO. The van der Waals surface area contributed by atoms with Crippen LogP contribution in [0.15, 0.2) is 66.7 Å². The Hall–Kier alpha value is -6.05. The van der Waals surface area contributed by atoms with Gasteiger partial charge in [0.25, 0.3) is 18.9 Å². The smallest absolute Gasteiger partial charge is 0.326 e. The molecule has 0 aliphatic rings. The fraction of sp³-hybridized carbons (Fsp3) is 0.167. The third-order valence-electron chi connectivity index (χ3n) is 6.45. The first kappa shape index (κ1) is 34.2. The van der Waals surface area contributed by atoms with Gasteiger partial charge in [-0.1, -0.05) is 48.5 Å². The summed E-state index contributed by atoms with van der Waals surface area (Å²) in [5, 5.41) is 41.0. The zero-order valence-corrected chi connectivity index (χ0v) is 23.7. The Morgan fingerprint density at radius 1 is 0.864 bits per heavy atom. The van der Waals surface area contributed by atoms with Gasteiger partial charge in [-0.2, -0.15) is 0 Å². The van der Waals surface area contributed by atoms with E-state index >= 15 is 0 Å². The third kappa shape index (κ3) is 9.51. The van der Waals surface area contributed by atoms with Crippen LogP contribution in [0.1, 0.15) is 38.4 Å². The van der Waals surface area contributed by atoms with Crippen molar-refractivity contribution in [1.82, 2.24) is 14.9 Å². The van der Waals surface area contributed by atoms with Crippen LogP contribution >= 0.6 is 0 Å². The Morgan fingerprint density at radius 2 is 1.34 bits per heavy atom. The van der Waals surface area contributed by atoms with E-state index < -0.39 is 17.9 Å². The van der Waals surface area contributed by atoms with Crippen molar-refractivity contribution in [3.05, 3.63) is 100 Å². The zero-order chi connectivity index (χ0) is 32.8. The molecule has 230 valence electrons. The van der Waals surface area contributed by atoms with Crippen molar-refractivity contribution in [3.63, 3.8) is 0 Å². The standard InChI is InChI=1S/C28H29N7O3.2CH2O2/c1-35-23-12-11-20(15-21(23)33-24(35)13-6-16-2-7-18(8-3-16)25(29)30)27(36)34-22(28(37)38)14-17-4-9-19(10-5-17)26(31)32;2*2-1-3/h2-5,7-12,15,22H,6,13-14H2,1H3,(H3,29,30)(H3,31,32)(H,34,36)(H,37,38);2*1H,(H,2,3). The number of aromatic nitrogens is 2. The number of amidine groups is 2. The second kappa shape index (κ2) is 16.4. The van der Waals surface area contributed by atoms with Crippen molar-refractivity contribution >= 4 is 47.5 Å². The molecule has 4 rings (SSSR count). The lowest BCUT2D eigenvalue weighted by molar-refractivity contribution is -0.139. The number of carbonyl (C=O) groups is 4. The number of aliphatic carboxylic acids is 1. The van der Waals surface area contributed by atoms with Gasteiger partial charge in [0.2, 0.25) is 0 Å². The number of hydrogen-bond donors (Lipinski definition) is 8. The van der Waals surface area contributed by atoms with Gasteiger partial charge < -0.3 is 36.7 Å². The molecule has 0 saturated heterocycles. The summed E-state index contributed by atoms with van der Waals surface area (Å²) in [6, 6.07) is 18.2. The van der Waals surface area contributed by atoms with Crippen molar-refractivity contribution in [3.8, 4) is 0 Å². The van der Waals surface area contributed by atoms with Crippen LogP contribution in [0.3, 0.4) is 0 Å². The van der Waals surface area contributed by atoms with Crippen molar-refractivity contribution < 1.29 is 34.5 Å². The van der Waals surface area contributed by atoms with E-state index in [-0.39, 0.29) is 31.0 Å². The lowest BCUT2D eigenvalue weighted by Crippen LogP contribution is -2.42. The molecule has 0 aliphatic carbocycles. The summed E-state index contributed by atoms with van der Waals surface area (Å²) < 4.78 is 1.98. The summed E-state index contributed by atoms with van der Waals surface area (Å²) in [5.41, 5.74) is 15.8. The van der Waals surface area contributed by atoms with Gasteiger partial charge in [-0.05, 0) is 35.7 Å². The van der Waals surface area contributed by atoms with Crippen LogP contribution in [0.2, 0.25) is 0 Å². The van der Waals surface area contributed by atoms with Crippen LogP contribution in [-0.4, -0.2) is 67.4 Å². The fourth-order valence-corrected chi connectivity index (χ4v) is 4.22. The Bertz CT molecular complexity index is 1630. The van der Waals surface area contributed by atoms with E-state index in [9.17, 15) is 14.7 Å². The minimum Gasteiger partial charge on any atom is -0.483 e. The molecule has 1 amide bonds. The van der Waals surface area contributed by atoms with Gasteiger partial charge in [0.05, 0.1) is 11.0 Å². The molecule has 0 spiro atoms. The number of benzene rings is 3.